The quantitative estimate of drug-likeness (QED) is 0.789. The standard InChI is InChI=1S/C7H8ClNO3/c1-4(2-6(10)11)5-3-12-7(8)9-5/h3-4H,2H2,1H3,(H,10,11). The Morgan fingerprint density at radius 1 is 1.92 bits per heavy atom. The molecule has 0 aromatic carbocycles. The molecule has 0 saturated carbocycles. The molecule has 0 radical (unpaired) electrons. The fraction of sp³-hybridized carbons (Fsp3) is 0.429. The van der Waals surface area contributed by atoms with Crippen LogP contribution in [0, 0.1) is 0 Å². The van der Waals surface area contributed by atoms with Crippen molar-refractivity contribution in [1.29, 1.82) is 0 Å². The summed E-state index contributed by atoms with van der Waals surface area (Å²) >= 11 is 5.42. The number of carbonyl (C=O) groups is 1. The number of hydrogen-bond acceptors (Lipinski definition) is 3. The van der Waals surface area contributed by atoms with E-state index in [1.807, 2.05) is 0 Å². The third-order valence-corrected chi connectivity index (χ3v) is 1.65. The fourth-order valence-electron chi connectivity index (χ4n) is 0.856. The lowest BCUT2D eigenvalue weighted by Gasteiger charge is -2.01. The number of halogens is 1. The van der Waals surface area contributed by atoms with Crippen molar-refractivity contribution < 1.29 is 14.3 Å². The van der Waals surface area contributed by atoms with E-state index in [0.717, 1.165) is 0 Å². The van der Waals surface area contributed by atoms with E-state index in [9.17, 15) is 4.79 Å². The number of rotatable bonds is 3. The number of aromatic nitrogens is 1. The van der Waals surface area contributed by atoms with E-state index in [-0.39, 0.29) is 17.7 Å². The zero-order chi connectivity index (χ0) is 9.14. The Balaban J connectivity index is 2.64. The van der Waals surface area contributed by atoms with Gasteiger partial charge in [0.1, 0.15) is 6.26 Å². The molecule has 4 nitrogen and oxygen atoms in total. The van der Waals surface area contributed by atoms with Crippen LogP contribution in [0.1, 0.15) is 25.0 Å². The van der Waals surface area contributed by atoms with Crippen molar-refractivity contribution in [1.82, 2.24) is 4.98 Å². The topological polar surface area (TPSA) is 63.3 Å². The van der Waals surface area contributed by atoms with Gasteiger partial charge in [-0.25, -0.2) is 4.98 Å². The SMILES string of the molecule is CC(CC(=O)O)c1coc(Cl)n1. The van der Waals surface area contributed by atoms with Crippen LogP contribution in [0.25, 0.3) is 0 Å². The van der Waals surface area contributed by atoms with E-state index in [1.54, 1.807) is 6.92 Å². The van der Waals surface area contributed by atoms with Gasteiger partial charge in [-0.2, -0.15) is 0 Å². The van der Waals surface area contributed by atoms with Gasteiger partial charge in [0.25, 0.3) is 5.35 Å². The molecule has 1 N–H and O–H groups in total. The highest BCUT2D eigenvalue weighted by molar-refractivity contribution is 6.27. The number of hydrogen-bond donors (Lipinski definition) is 1. The van der Waals surface area contributed by atoms with Gasteiger partial charge in [-0.1, -0.05) is 6.92 Å². The number of aliphatic carboxylic acids is 1. The first kappa shape index (κ1) is 9.06. The highest BCUT2D eigenvalue weighted by Gasteiger charge is 2.13. The van der Waals surface area contributed by atoms with Crippen LogP contribution in [0.4, 0.5) is 0 Å². The molecule has 0 aliphatic carbocycles. The molecule has 5 heteroatoms. The smallest absolute Gasteiger partial charge is 0.304 e. The lowest BCUT2D eigenvalue weighted by molar-refractivity contribution is -0.137. The highest BCUT2D eigenvalue weighted by atomic mass is 35.5. The van der Waals surface area contributed by atoms with Crippen molar-refractivity contribution in [2.45, 2.75) is 19.3 Å². The van der Waals surface area contributed by atoms with Crippen LogP contribution in [-0.2, 0) is 4.79 Å². The Labute approximate surface area is 74.2 Å². The molecule has 1 aromatic heterocycles. The van der Waals surface area contributed by atoms with E-state index < -0.39 is 5.97 Å². The van der Waals surface area contributed by atoms with Gasteiger partial charge < -0.3 is 9.52 Å². The zero-order valence-electron chi connectivity index (χ0n) is 6.45. The molecule has 0 spiro atoms. The molecule has 66 valence electrons. The normalized spacial score (nSPS) is 12.8. The first-order chi connectivity index (χ1) is 5.59. The van der Waals surface area contributed by atoms with Crippen molar-refractivity contribution in [3.63, 3.8) is 0 Å². The van der Waals surface area contributed by atoms with Gasteiger partial charge in [-0.05, 0) is 11.6 Å². The number of oxazole rings is 1. The van der Waals surface area contributed by atoms with Gasteiger partial charge >= 0.3 is 5.97 Å². The van der Waals surface area contributed by atoms with Gasteiger partial charge in [0.05, 0.1) is 12.1 Å². The molecule has 0 fully saturated rings. The van der Waals surface area contributed by atoms with Crippen molar-refractivity contribution in [2.75, 3.05) is 0 Å². The second-order valence-electron chi connectivity index (χ2n) is 2.52. The maximum absolute atomic E-state index is 10.3. The predicted octanol–water partition coefficient (Wildman–Crippen LogP) is 1.91. The van der Waals surface area contributed by atoms with Gasteiger partial charge in [0, 0.05) is 5.92 Å². The summed E-state index contributed by atoms with van der Waals surface area (Å²) in [7, 11) is 0. The molecule has 1 aromatic rings. The Bertz CT molecular complexity index is 284. The predicted molar refractivity (Wildman–Crippen MR) is 42.2 cm³/mol. The van der Waals surface area contributed by atoms with Crippen molar-refractivity contribution in [2.24, 2.45) is 0 Å². The van der Waals surface area contributed by atoms with E-state index in [4.69, 9.17) is 21.1 Å². The molecular weight excluding hydrogens is 182 g/mol. The molecule has 0 aliphatic rings. The van der Waals surface area contributed by atoms with E-state index in [0.29, 0.717) is 5.69 Å². The van der Waals surface area contributed by atoms with Crippen LogP contribution < -0.4 is 0 Å². The first-order valence-electron chi connectivity index (χ1n) is 3.42. The summed E-state index contributed by atoms with van der Waals surface area (Å²) in [6.07, 6.45) is 1.40. The van der Waals surface area contributed by atoms with E-state index in [2.05, 4.69) is 4.98 Å². The Hall–Kier alpha value is -1.03. The molecule has 1 atom stereocenters. The monoisotopic (exact) mass is 189 g/mol. The van der Waals surface area contributed by atoms with Gasteiger partial charge in [-0.3, -0.25) is 4.79 Å². The minimum atomic E-state index is -0.860. The molecular formula is C7H8ClNO3. The number of carboxylic acid groups (broad SMARTS) is 1. The van der Waals surface area contributed by atoms with Crippen LogP contribution in [0.15, 0.2) is 10.7 Å². The van der Waals surface area contributed by atoms with Gasteiger partial charge in [0.2, 0.25) is 0 Å². The Morgan fingerprint density at radius 2 is 2.58 bits per heavy atom. The third-order valence-electron chi connectivity index (χ3n) is 1.48. The highest BCUT2D eigenvalue weighted by Crippen LogP contribution is 2.19. The minimum absolute atomic E-state index is 0.0306. The van der Waals surface area contributed by atoms with Crippen LogP contribution in [0.3, 0.4) is 0 Å². The fourth-order valence-corrected chi connectivity index (χ4v) is 0.998. The average molecular weight is 190 g/mol. The number of nitrogens with zero attached hydrogens (tertiary/aromatic N) is 1. The van der Waals surface area contributed by atoms with E-state index >= 15 is 0 Å². The van der Waals surface area contributed by atoms with Crippen LogP contribution in [-0.4, -0.2) is 16.1 Å². The molecule has 0 aliphatic heterocycles. The van der Waals surface area contributed by atoms with E-state index in [1.165, 1.54) is 6.26 Å². The maximum Gasteiger partial charge on any atom is 0.304 e. The summed E-state index contributed by atoms with van der Waals surface area (Å²) in [5, 5.41) is 8.50. The second kappa shape index (κ2) is 3.58. The minimum Gasteiger partial charge on any atom is -0.481 e. The molecule has 1 rings (SSSR count). The van der Waals surface area contributed by atoms with Gasteiger partial charge in [-0.15, -0.1) is 0 Å². The Kier molecular flexibility index (Phi) is 2.70. The average Bonchev–Trinajstić information content (AvgIpc) is 2.34. The van der Waals surface area contributed by atoms with Crippen LogP contribution in [0.5, 0.6) is 0 Å². The molecule has 0 bridgehead atoms. The van der Waals surface area contributed by atoms with Crippen molar-refractivity contribution in [3.05, 3.63) is 17.3 Å². The van der Waals surface area contributed by atoms with Crippen molar-refractivity contribution >= 4 is 17.6 Å². The van der Waals surface area contributed by atoms with Crippen molar-refractivity contribution in [3.8, 4) is 0 Å². The summed E-state index contributed by atoms with van der Waals surface area (Å²) < 4.78 is 4.73. The first-order valence-corrected chi connectivity index (χ1v) is 3.80. The maximum atomic E-state index is 10.3. The van der Waals surface area contributed by atoms with Crippen LogP contribution in [0.2, 0.25) is 5.35 Å². The molecule has 1 heterocycles. The molecule has 0 amide bonds. The summed E-state index contributed by atoms with van der Waals surface area (Å²) in [5.74, 6) is -1.03. The largest absolute Gasteiger partial charge is 0.481 e. The summed E-state index contributed by atoms with van der Waals surface area (Å²) in [6, 6.07) is 0. The summed E-state index contributed by atoms with van der Waals surface area (Å²) in [5.41, 5.74) is 0.572. The molecule has 0 saturated heterocycles. The summed E-state index contributed by atoms with van der Waals surface area (Å²) in [4.78, 5) is 14.1. The van der Waals surface area contributed by atoms with Crippen LogP contribution >= 0.6 is 11.6 Å². The third kappa shape index (κ3) is 2.23. The number of carboxylic acids is 1. The summed E-state index contributed by atoms with van der Waals surface area (Å²) in [6.45, 7) is 1.75. The molecule has 12 heavy (non-hydrogen) atoms. The Morgan fingerprint density at radius 3 is 3.00 bits per heavy atom. The zero-order valence-corrected chi connectivity index (χ0v) is 7.21. The lowest BCUT2D eigenvalue weighted by Crippen LogP contribution is -2.02. The molecule has 1 unspecified atom stereocenters. The second-order valence-corrected chi connectivity index (χ2v) is 2.85. The van der Waals surface area contributed by atoms with Gasteiger partial charge in [0.15, 0.2) is 0 Å². The lowest BCUT2D eigenvalue weighted by atomic mass is 10.1.